The first-order valence-electron chi connectivity index (χ1n) is 9.90. The molecule has 1 aliphatic rings. The number of halogens is 3. The summed E-state index contributed by atoms with van der Waals surface area (Å²) in [5.41, 5.74) is -0.448. The van der Waals surface area contributed by atoms with Crippen LogP contribution < -0.4 is 0 Å². The van der Waals surface area contributed by atoms with Crippen LogP contribution in [0, 0.1) is 0 Å². The molecule has 0 atom stereocenters. The highest BCUT2D eigenvalue weighted by atomic mass is 32.2. The summed E-state index contributed by atoms with van der Waals surface area (Å²) >= 11 is 1.66. The van der Waals surface area contributed by atoms with Gasteiger partial charge in [-0.15, -0.1) is 10.2 Å². The molecule has 3 aromatic rings. The van der Waals surface area contributed by atoms with E-state index >= 15 is 0 Å². The van der Waals surface area contributed by atoms with E-state index in [2.05, 4.69) is 38.8 Å². The van der Waals surface area contributed by atoms with Crippen LogP contribution in [0.3, 0.4) is 0 Å². The second kappa shape index (κ2) is 8.41. The zero-order valence-corrected chi connectivity index (χ0v) is 17.5. The zero-order chi connectivity index (χ0) is 21.3. The zero-order valence-electron chi connectivity index (χ0n) is 16.7. The van der Waals surface area contributed by atoms with Crippen LogP contribution in [0.2, 0.25) is 0 Å². The van der Waals surface area contributed by atoms with E-state index in [1.54, 1.807) is 11.8 Å². The Balaban J connectivity index is 1.34. The molecule has 1 fully saturated rings. The fraction of sp³-hybridized carbons (Fsp3) is 0.500. The summed E-state index contributed by atoms with van der Waals surface area (Å²) in [6, 6.07) is 5.45. The Kier molecular flexibility index (Phi) is 5.86. The summed E-state index contributed by atoms with van der Waals surface area (Å²) in [7, 11) is 0. The Morgan fingerprint density at radius 3 is 2.73 bits per heavy atom. The molecule has 160 valence electrons. The van der Waals surface area contributed by atoms with Gasteiger partial charge in [-0.1, -0.05) is 42.9 Å². The number of benzene rings is 1. The SMILES string of the molecule is CC(C)c1nnc(SCCCc2nc(-c3cccc(C(F)(F)F)c3)no2)n1C1CC1. The topological polar surface area (TPSA) is 69.6 Å². The number of aryl methyl sites for hydroxylation is 1. The molecule has 1 aliphatic carbocycles. The predicted molar refractivity (Wildman–Crippen MR) is 106 cm³/mol. The van der Waals surface area contributed by atoms with E-state index in [4.69, 9.17) is 4.52 Å². The molecule has 2 heterocycles. The van der Waals surface area contributed by atoms with E-state index in [1.165, 1.54) is 25.0 Å². The van der Waals surface area contributed by atoms with Gasteiger partial charge in [-0.05, 0) is 31.4 Å². The van der Waals surface area contributed by atoms with Crippen molar-refractivity contribution < 1.29 is 17.7 Å². The minimum Gasteiger partial charge on any atom is -0.339 e. The summed E-state index contributed by atoms with van der Waals surface area (Å²) in [4.78, 5) is 4.24. The van der Waals surface area contributed by atoms with Crippen LogP contribution in [0.1, 0.15) is 62.3 Å². The monoisotopic (exact) mass is 437 g/mol. The number of rotatable bonds is 8. The minimum atomic E-state index is -4.41. The summed E-state index contributed by atoms with van der Waals surface area (Å²) < 4.78 is 46.1. The number of nitrogens with zero attached hydrogens (tertiary/aromatic N) is 5. The van der Waals surface area contributed by atoms with Crippen molar-refractivity contribution >= 4 is 11.8 Å². The fourth-order valence-electron chi connectivity index (χ4n) is 3.15. The minimum absolute atomic E-state index is 0.166. The van der Waals surface area contributed by atoms with Crippen molar-refractivity contribution in [2.45, 2.75) is 62.8 Å². The molecule has 30 heavy (non-hydrogen) atoms. The number of thioether (sulfide) groups is 1. The van der Waals surface area contributed by atoms with Crippen molar-refractivity contribution in [2.75, 3.05) is 5.75 Å². The molecule has 1 aromatic carbocycles. The van der Waals surface area contributed by atoms with Gasteiger partial charge >= 0.3 is 6.18 Å². The molecule has 0 bridgehead atoms. The lowest BCUT2D eigenvalue weighted by Crippen LogP contribution is -2.05. The molecule has 0 amide bonds. The lowest BCUT2D eigenvalue weighted by atomic mass is 10.1. The molecule has 6 nitrogen and oxygen atoms in total. The van der Waals surface area contributed by atoms with Crippen molar-refractivity contribution in [3.8, 4) is 11.4 Å². The van der Waals surface area contributed by atoms with E-state index in [0.717, 1.165) is 35.3 Å². The van der Waals surface area contributed by atoms with Crippen molar-refractivity contribution in [1.29, 1.82) is 0 Å². The quantitative estimate of drug-likeness (QED) is 0.341. The third kappa shape index (κ3) is 4.69. The number of alkyl halides is 3. The van der Waals surface area contributed by atoms with E-state index < -0.39 is 11.7 Å². The van der Waals surface area contributed by atoms with Crippen LogP contribution in [0.25, 0.3) is 11.4 Å². The smallest absolute Gasteiger partial charge is 0.339 e. The molecule has 0 saturated heterocycles. The summed E-state index contributed by atoms with van der Waals surface area (Å²) in [5.74, 6) is 2.75. The van der Waals surface area contributed by atoms with E-state index in [-0.39, 0.29) is 11.4 Å². The van der Waals surface area contributed by atoms with Crippen molar-refractivity contribution in [3.63, 3.8) is 0 Å². The first-order valence-corrected chi connectivity index (χ1v) is 10.9. The van der Waals surface area contributed by atoms with Crippen LogP contribution in [-0.4, -0.2) is 30.7 Å². The maximum atomic E-state index is 12.9. The maximum absolute atomic E-state index is 12.9. The highest BCUT2D eigenvalue weighted by Crippen LogP contribution is 2.40. The van der Waals surface area contributed by atoms with Gasteiger partial charge in [0.05, 0.1) is 5.56 Å². The molecular formula is C20H22F3N5OS. The van der Waals surface area contributed by atoms with Crippen LogP contribution in [-0.2, 0) is 12.6 Å². The largest absolute Gasteiger partial charge is 0.416 e. The van der Waals surface area contributed by atoms with Crippen molar-refractivity contribution in [2.24, 2.45) is 0 Å². The number of hydrogen-bond donors (Lipinski definition) is 0. The molecule has 0 spiro atoms. The molecule has 0 unspecified atom stereocenters. The molecule has 0 N–H and O–H groups in total. The normalized spacial score (nSPS) is 14.6. The van der Waals surface area contributed by atoms with E-state index in [0.29, 0.717) is 24.3 Å². The van der Waals surface area contributed by atoms with Crippen LogP contribution in [0.4, 0.5) is 13.2 Å². The van der Waals surface area contributed by atoms with Crippen molar-refractivity contribution in [1.82, 2.24) is 24.9 Å². The number of aromatic nitrogens is 5. The second-order valence-corrected chi connectivity index (χ2v) is 8.70. The Morgan fingerprint density at radius 1 is 1.23 bits per heavy atom. The van der Waals surface area contributed by atoms with E-state index in [9.17, 15) is 13.2 Å². The predicted octanol–water partition coefficient (Wildman–Crippen LogP) is 5.53. The van der Waals surface area contributed by atoms with Crippen LogP contribution in [0.5, 0.6) is 0 Å². The third-order valence-corrected chi connectivity index (χ3v) is 5.83. The summed E-state index contributed by atoms with van der Waals surface area (Å²) in [6.45, 7) is 4.24. The van der Waals surface area contributed by atoms with Crippen LogP contribution >= 0.6 is 11.8 Å². The molecule has 0 aliphatic heterocycles. The van der Waals surface area contributed by atoms with Gasteiger partial charge in [0.15, 0.2) is 5.16 Å². The first-order chi connectivity index (χ1) is 14.3. The van der Waals surface area contributed by atoms with Gasteiger partial charge in [0.1, 0.15) is 5.82 Å². The van der Waals surface area contributed by atoms with Gasteiger partial charge in [-0.25, -0.2) is 0 Å². The lowest BCUT2D eigenvalue weighted by molar-refractivity contribution is -0.137. The highest BCUT2D eigenvalue weighted by molar-refractivity contribution is 7.99. The standard InChI is InChI=1S/C20H22F3N5OS/c1-12(2)18-25-26-19(28(18)15-8-9-15)30-10-4-7-16-24-17(27-29-16)13-5-3-6-14(11-13)20(21,22)23/h3,5-6,11-12,15H,4,7-10H2,1-2H3. The Hall–Kier alpha value is -2.36. The molecule has 0 radical (unpaired) electrons. The Labute approximate surface area is 176 Å². The van der Waals surface area contributed by atoms with E-state index in [1.807, 2.05) is 0 Å². The maximum Gasteiger partial charge on any atom is 0.416 e. The van der Waals surface area contributed by atoms with Crippen LogP contribution in [0.15, 0.2) is 33.9 Å². The molecule has 2 aromatic heterocycles. The fourth-order valence-corrected chi connectivity index (χ4v) is 4.10. The van der Waals surface area contributed by atoms with Gasteiger partial charge < -0.3 is 9.09 Å². The van der Waals surface area contributed by atoms with Gasteiger partial charge in [-0.2, -0.15) is 18.2 Å². The van der Waals surface area contributed by atoms with Crippen molar-refractivity contribution in [3.05, 3.63) is 41.5 Å². The van der Waals surface area contributed by atoms with Gasteiger partial charge in [0.2, 0.25) is 11.7 Å². The molecular weight excluding hydrogens is 415 g/mol. The second-order valence-electron chi connectivity index (χ2n) is 7.64. The number of hydrogen-bond acceptors (Lipinski definition) is 6. The Morgan fingerprint density at radius 2 is 2.03 bits per heavy atom. The lowest BCUT2D eigenvalue weighted by Gasteiger charge is -2.10. The van der Waals surface area contributed by atoms with Gasteiger partial charge in [0, 0.05) is 29.7 Å². The molecule has 1 saturated carbocycles. The average molecular weight is 437 g/mol. The first kappa shape index (κ1) is 20.9. The summed E-state index contributed by atoms with van der Waals surface area (Å²) in [5, 5.41) is 13.5. The summed E-state index contributed by atoms with van der Waals surface area (Å²) in [6.07, 6.45) is -0.732. The van der Waals surface area contributed by atoms with Gasteiger partial charge in [0.25, 0.3) is 0 Å². The highest BCUT2D eigenvalue weighted by Gasteiger charge is 2.31. The molecule has 10 heteroatoms. The molecule has 4 rings (SSSR count). The Bertz CT molecular complexity index is 1010. The average Bonchev–Trinajstić information content (AvgIpc) is 3.27. The third-order valence-electron chi connectivity index (χ3n) is 4.80. The van der Waals surface area contributed by atoms with Gasteiger partial charge in [-0.3, -0.25) is 0 Å².